The molecule has 1 unspecified atom stereocenters. The second kappa shape index (κ2) is 7.25. The lowest BCUT2D eigenvalue weighted by Gasteiger charge is -2.33. The van der Waals surface area contributed by atoms with Crippen LogP contribution in [0.2, 0.25) is 0 Å². The van der Waals surface area contributed by atoms with Gasteiger partial charge in [-0.25, -0.2) is 4.79 Å². The molecule has 6 heteroatoms. The van der Waals surface area contributed by atoms with Crippen molar-refractivity contribution in [1.82, 2.24) is 0 Å². The minimum Gasteiger partial charge on any atom is -0.496 e. The van der Waals surface area contributed by atoms with E-state index in [1.54, 1.807) is 30.2 Å². The van der Waals surface area contributed by atoms with Crippen LogP contribution in [0.5, 0.6) is 11.5 Å². The molecule has 2 aromatic rings. The molecule has 0 fully saturated rings. The van der Waals surface area contributed by atoms with Gasteiger partial charge >= 0.3 is 5.97 Å². The Balaban J connectivity index is 1.89. The van der Waals surface area contributed by atoms with E-state index in [4.69, 9.17) is 14.2 Å². The quantitative estimate of drug-likeness (QED) is 0.798. The van der Waals surface area contributed by atoms with E-state index in [0.717, 1.165) is 5.56 Å². The predicted molar refractivity (Wildman–Crippen MR) is 91.9 cm³/mol. The number of hydrogen-bond donors (Lipinski definition) is 0. The Labute approximate surface area is 145 Å². The Bertz CT molecular complexity index is 789. The molecule has 1 aliphatic rings. The molecule has 0 saturated carbocycles. The number of amides is 1. The maximum atomic E-state index is 12.9. The van der Waals surface area contributed by atoms with Crippen molar-refractivity contribution in [2.24, 2.45) is 0 Å². The summed E-state index contributed by atoms with van der Waals surface area (Å²) < 4.78 is 15.7. The summed E-state index contributed by atoms with van der Waals surface area (Å²) in [6.07, 6.45) is -0.687. The van der Waals surface area contributed by atoms with Gasteiger partial charge in [-0.2, -0.15) is 0 Å². The van der Waals surface area contributed by atoms with Crippen LogP contribution in [0.1, 0.15) is 5.56 Å². The fraction of sp³-hybridized carbons (Fsp3) is 0.263. The van der Waals surface area contributed by atoms with E-state index in [1.165, 1.54) is 7.11 Å². The van der Waals surface area contributed by atoms with Crippen LogP contribution in [0.3, 0.4) is 0 Å². The second-order valence-corrected chi connectivity index (χ2v) is 5.59. The van der Waals surface area contributed by atoms with Gasteiger partial charge in [0.05, 0.1) is 32.9 Å². The maximum Gasteiger partial charge on any atom is 0.348 e. The van der Waals surface area contributed by atoms with Crippen LogP contribution in [0.25, 0.3) is 0 Å². The third-order valence-electron chi connectivity index (χ3n) is 4.07. The second-order valence-electron chi connectivity index (χ2n) is 5.59. The van der Waals surface area contributed by atoms with Gasteiger partial charge in [-0.1, -0.05) is 30.3 Å². The highest BCUT2D eigenvalue weighted by Gasteiger charge is 2.34. The molecule has 25 heavy (non-hydrogen) atoms. The molecule has 2 aromatic carbocycles. The van der Waals surface area contributed by atoms with Gasteiger partial charge in [0, 0.05) is 5.56 Å². The molecule has 1 atom stereocenters. The van der Waals surface area contributed by atoms with Gasteiger partial charge in [0.2, 0.25) is 12.0 Å². The largest absolute Gasteiger partial charge is 0.496 e. The molecule has 0 bridgehead atoms. The van der Waals surface area contributed by atoms with E-state index in [2.05, 4.69) is 0 Å². The van der Waals surface area contributed by atoms with Crippen LogP contribution < -0.4 is 14.4 Å². The number of ether oxygens (including phenoxy) is 3. The first-order valence-electron chi connectivity index (χ1n) is 7.89. The number of carbonyl (C=O) groups excluding carboxylic acids is 2. The van der Waals surface area contributed by atoms with E-state index in [9.17, 15) is 9.59 Å². The lowest BCUT2D eigenvalue weighted by Crippen LogP contribution is -2.48. The number of anilines is 1. The van der Waals surface area contributed by atoms with Gasteiger partial charge in [-0.05, 0) is 18.2 Å². The number of carbonyl (C=O) groups is 2. The maximum absolute atomic E-state index is 12.9. The van der Waals surface area contributed by atoms with Crippen molar-refractivity contribution in [3.63, 3.8) is 0 Å². The van der Waals surface area contributed by atoms with Crippen LogP contribution in [-0.4, -0.2) is 38.7 Å². The van der Waals surface area contributed by atoms with Gasteiger partial charge in [0.1, 0.15) is 11.5 Å². The number of benzene rings is 2. The van der Waals surface area contributed by atoms with Crippen molar-refractivity contribution in [3.8, 4) is 11.5 Å². The summed E-state index contributed by atoms with van der Waals surface area (Å²) in [6, 6.07) is 14.5. The van der Waals surface area contributed by atoms with Crippen LogP contribution in [0.4, 0.5) is 5.69 Å². The van der Waals surface area contributed by atoms with Crippen LogP contribution in [0, 0.1) is 0 Å². The zero-order chi connectivity index (χ0) is 17.8. The van der Waals surface area contributed by atoms with Crippen LogP contribution in [-0.2, 0) is 20.7 Å². The topological polar surface area (TPSA) is 65.1 Å². The first kappa shape index (κ1) is 16.8. The summed E-state index contributed by atoms with van der Waals surface area (Å²) in [7, 11) is 2.87. The summed E-state index contributed by atoms with van der Waals surface area (Å²) in [5, 5.41) is 0. The first-order valence-corrected chi connectivity index (χ1v) is 7.89. The summed E-state index contributed by atoms with van der Waals surface area (Å²) in [6.45, 7) is 0.109. The van der Waals surface area contributed by atoms with Gasteiger partial charge in [-0.15, -0.1) is 0 Å². The Morgan fingerprint density at radius 1 is 1.12 bits per heavy atom. The van der Waals surface area contributed by atoms with Gasteiger partial charge in [0.25, 0.3) is 0 Å². The highest BCUT2D eigenvalue weighted by molar-refractivity contribution is 5.98. The molecule has 130 valence electrons. The number of para-hydroxylation sites is 3. The number of rotatable bonds is 4. The third kappa shape index (κ3) is 3.42. The molecule has 0 saturated heterocycles. The SMILES string of the molecule is COC(=O)C1CN(C(=O)Cc2ccccc2OC)c2ccccc2O1. The lowest BCUT2D eigenvalue weighted by molar-refractivity contribution is -0.148. The normalized spacial score (nSPS) is 15.8. The monoisotopic (exact) mass is 341 g/mol. The fourth-order valence-corrected chi connectivity index (χ4v) is 2.83. The molecule has 1 heterocycles. The molecule has 1 aliphatic heterocycles. The molecule has 0 spiro atoms. The first-order chi connectivity index (χ1) is 12.1. The minimum atomic E-state index is -0.846. The van der Waals surface area contributed by atoms with Crippen molar-refractivity contribution < 1.29 is 23.8 Å². The lowest BCUT2D eigenvalue weighted by atomic mass is 10.1. The number of esters is 1. The van der Waals surface area contributed by atoms with E-state index in [1.807, 2.05) is 30.3 Å². The molecule has 0 radical (unpaired) electrons. The van der Waals surface area contributed by atoms with Crippen molar-refractivity contribution in [1.29, 1.82) is 0 Å². The molecule has 0 aliphatic carbocycles. The van der Waals surface area contributed by atoms with Crippen molar-refractivity contribution in [2.75, 3.05) is 25.7 Å². The summed E-state index contributed by atoms with van der Waals surface area (Å²) >= 11 is 0. The molecular formula is C19H19NO5. The molecule has 0 N–H and O–H groups in total. The fourth-order valence-electron chi connectivity index (χ4n) is 2.83. The molecular weight excluding hydrogens is 322 g/mol. The average Bonchev–Trinajstić information content (AvgIpc) is 2.66. The van der Waals surface area contributed by atoms with Gasteiger partial charge in [0.15, 0.2) is 0 Å². The Morgan fingerprint density at radius 3 is 2.60 bits per heavy atom. The molecule has 0 aromatic heterocycles. The number of methoxy groups -OCH3 is 2. The van der Waals surface area contributed by atoms with Gasteiger partial charge < -0.3 is 19.1 Å². The zero-order valence-electron chi connectivity index (χ0n) is 14.1. The van der Waals surface area contributed by atoms with E-state index >= 15 is 0 Å². The van der Waals surface area contributed by atoms with Crippen molar-refractivity contribution >= 4 is 17.6 Å². The minimum absolute atomic E-state index is 0.109. The Kier molecular flexibility index (Phi) is 4.88. The van der Waals surface area contributed by atoms with E-state index in [-0.39, 0.29) is 18.9 Å². The molecule has 3 rings (SSSR count). The highest BCUT2D eigenvalue weighted by Crippen LogP contribution is 2.34. The smallest absolute Gasteiger partial charge is 0.348 e. The standard InChI is InChI=1S/C19H19NO5/c1-23-15-9-5-3-7-13(15)11-18(21)20-12-17(19(22)24-2)25-16-10-6-4-8-14(16)20/h3-10,17H,11-12H2,1-2H3. The third-order valence-corrected chi connectivity index (χ3v) is 4.07. The summed E-state index contributed by atoms with van der Waals surface area (Å²) in [4.78, 5) is 26.4. The number of fused-ring (bicyclic) bond motifs is 1. The zero-order valence-corrected chi connectivity index (χ0v) is 14.1. The molecule has 6 nitrogen and oxygen atoms in total. The highest BCUT2D eigenvalue weighted by atomic mass is 16.6. The molecule has 1 amide bonds. The van der Waals surface area contributed by atoms with Crippen LogP contribution >= 0.6 is 0 Å². The van der Waals surface area contributed by atoms with Crippen molar-refractivity contribution in [2.45, 2.75) is 12.5 Å². The predicted octanol–water partition coefficient (Wildman–Crippen LogP) is 2.20. The Morgan fingerprint density at radius 2 is 1.84 bits per heavy atom. The van der Waals surface area contributed by atoms with Crippen LogP contribution in [0.15, 0.2) is 48.5 Å². The average molecular weight is 341 g/mol. The Hall–Kier alpha value is -3.02. The summed E-state index contributed by atoms with van der Waals surface area (Å²) in [5.41, 5.74) is 1.43. The van der Waals surface area contributed by atoms with E-state index in [0.29, 0.717) is 17.2 Å². The number of hydrogen-bond acceptors (Lipinski definition) is 5. The summed E-state index contributed by atoms with van der Waals surface area (Å²) in [5.74, 6) is 0.484. The number of nitrogens with zero attached hydrogens (tertiary/aromatic N) is 1. The van der Waals surface area contributed by atoms with E-state index < -0.39 is 12.1 Å². The van der Waals surface area contributed by atoms with Crippen molar-refractivity contribution in [3.05, 3.63) is 54.1 Å². The van der Waals surface area contributed by atoms with Gasteiger partial charge in [-0.3, -0.25) is 4.79 Å².